The van der Waals surface area contributed by atoms with Gasteiger partial charge in [-0.1, -0.05) is 74.0 Å². The molecule has 6 heteroatoms. The summed E-state index contributed by atoms with van der Waals surface area (Å²) in [6.45, 7) is 4.11. The van der Waals surface area contributed by atoms with Crippen LogP contribution in [-0.2, 0) is 14.3 Å². The van der Waals surface area contributed by atoms with Crippen molar-refractivity contribution in [3.8, 4) is 11.1 Å². The summed E-state index contributed by atoms with van der Waals surface area (Å²) in [4.78, 5) is 24.4. The molecule has 0 spiro atoms. The quantitative estimate of drug-likeness (QED) is 0.540. The molecule has 0 aliphatic heterocycles. The molecule has 0 saturated heterocycles. The van der Waals surface area contributed by atoms with E-state index >= 15 is 0 Å². The Balaban J connectivity index is 1.68. The first-order valence-electron chi connectivity index (χ1n) is 9.35. The molecule has 0 heterocycles. The Morgan fingerprint density at radius 3 is 2.11 bits per heavy atom. The van der Waals surface area contributed by atoms with Crippen LogP contribution in [-0.4, -0.2) is 30.8 Å². The smallest absolute Gasteiger partial charge is 0.407 e. The Morgan fingerprint density at radius 2 is 1.57 bits per heavy atom. The molecule has 0 bridgehead atoms. The van der Waals surface area contributed by atoms with Gasteiger partial charge in [0, 0.05) is 5.92 Å². The highest BCUT2D eigenvalue weighted by Gasteiger charge is 2.30. The highest BCUT2D eigenvalue weighted by atomic mass is 35.5. The fourth-order valence-electron chi connectivity index (χ4n) is 3.62. The number of carbonyl (C=O) groups excluding carboxylic acids is 2. The predicted octanol–water partition coefficient (Wildman–Crippen LogP) is 4.68. The van der Waals surface area contributed by atoms with Gasteiger partial charge < -0.3 is 14.8 Å². The number of hydrogen-bond acceptors (Lipinski definition) is 4. The molecule has 2 aromatic rings. The van der Waals surface area contributed by atoms with Crippen LogP contribution in [0.25, 0.3) is 11.1 Å². The number of esters is 1. The molecule has 0 radical (unpaired) electrons. The highest BCUT2D eigenvalue weighted by molar-refractivity contribution is 6.17. The maximum absolute atomic E-state index is 12.4. The van der Waals surface area contributed by atoms with Crippen molar-refractivity contribution >= 4 is 23.7 Å². The number of alkyl carbamates (subject to hydrolysis) is 1. The van der Waals surface area contributed by atoms with Gasteiger partial charge in [-0.15, -0.1) is 0 Å². The number of rotatable bonds is 7. The number of ether oxygens (including phenoxy) is 2. The molecule has 1 N–H and O–H groups in total. The molecule has 3 rings (SSSR count). The van der Waals surface area contributed by atoms with Crippen molar-refractivity contribution in [3.63, 3.8) is 0 Å². The summed E-state index contributed by atoms with van der Waals surface area (Å²) in [7, 11) is 0. The first-order chi connectivity index (χ1) is 13.5. The van der Waals surface area contributed by atoms with E-state index in [1.54, 1.807) is 0 Å². The third kappa shape index (κ3) is 4.47. The fraction of sp³-hybridized carbons (Fsp3) is 0.364. The predicted molar refractivity (Wildman–Crippen MR) is 108 cm³/mol. The third-order valence-corrected chi connectivity index (χ3v) is 4.93. The van der Waals surface area contributed by atoms with Crippen molar-refractivity contribution in [2.24, 2.45) is 5.92 Å². The van der Waals surface area contributed by atoms with Crippen molar-refractivity contribution in [2.45, 2.75) is 32.2 Å². The second-order valence-corrected chi connectivity index (χ2v) is 7.44. The molecule has 28 heavy (non-hydrogen) atoms. The molecule has 2 aromatic carbocycles. The lowest BCUT2D eigenvalue weighted by molar-refractivity contribution is -0.144. The van der Waals surface area contributed by atoms with Crippen LogP contribution in [0.2, 0.25) is 0 Å². The minimum Gasteiger partial charge on any atom is -0.449 e. The van der Waals surface area contributed by atoms with Gasteiger partial charge in [0.25, 0.3) is 0 Å². The zero-order valence-corrected chi connectivity index (χ0v) is 16.7. The SMILES string of the molecule is CC(C)C[C@@H](NC(=O)OCC1c2ccccc2-c2ccccc21)C(=O)OCCl. The van der Waals surface area contributed by atoms with Gasteiger partial charge in [-0.25, -0.2) is 9.59 Å². The summed E-state index contributed by atoms with van der Waals surface area (Å²) in [6, 6.07) is 15.2. The van der Waals surface area contributed by atoms with Crippen LogP contribution in [0.15, 0.2) is 48.5 Å². The Morgan fingerprint density at radius 1 is 1.00 bits per heavy atom. The molecule has 1 aliphatic carbocycles. The second kappa shape index (κ2) is 9.11. The van der Waals surface area contributed by atoms with Gasteiger partial charge in [-0.3, -0.25) is 0 Å². The van der Waals surface area contributed by atoms with E-state index in [2.05, 4.69) is 29.6 Å². The van der Waals surface area contributed by atoms with E-state index in [1.807, 2.05) is 38.1 Å². The molecular weight excluding hydrogens is 378 g/mol. The van der Waals surface area contributed by atoms with Gasteiger partial charge in [-0.2, -0.15) is 0 Å². The molecular formula is C22H24ClNO4. The van der Waals surface area contributed by atoms with Crippen LogP contribution in [0.5, 0.6) is 0 Å². The molecule has 1 amide bonds. The summed E-state index contributed by atoms with van der Waals surface area (Å²) in [5.74, 6) is -0.393. The number of fused-ring (bicyclic) bond motifs is 3. The largest absolute Gasteiger partial charge is 0.449 e. The van der Waals surface area contributed by atoms with Crippen molar-refractivity contribution in [2.75, 3.05) is 12.7 Å². The Bertz CT molecular complexity index is 806. The summed E-state index contributed by atoms with van der Waals surface area (Å²) >= 11 is 5.47. The van der Waals surface area contributed by atoms with E-state index in [0.717, 1.165) is 22.3 Å². The Hall–Kier alpha value is -2.53. The maximum Gasteiger partial charge on any atom is 0.407 e. The average Bonchev–Trinajstić information content (AvgIpc) is 3.00. The van der Waals surface area contributed by atoms with Crippen molar-refractivity contribution in [1.82, 2.24) is 5.32 Å². The lowest BCUT2D eigenvalue weighted by atomic mass is 9.98. The lowest BCUT2D eigenvalue weighted by Crippen LogP contribution is -2.43. The molecule has 0 aromatic heterocycles. The standard InChI is InChI=1S/C22H24ClNO4/c1-14(2)11-20(21(25)28-13-23)24-22(26)27-12-19-17-9-5-3-7-15(17)16-8-4-6-10-18(16)19/h3-10,14,19-20H,11-13H2,1-2H3,(H,24,26)/t20-/m1/s1. The van der Waals surface area contributed by atoms with Gasteiger partial charge in [0.2, 0.25) is 0 Å². The third-order valence-electron chi connectivity index (χ3n) is 4.82. The summed E-state index contributed by atoms with van der Waals surface area (Å²) in [5, 5.41) is 2.61. The summed E-state index contributed by atoms with van der Waals surface area (Å²) < 4.78 is 10.3. The van der Waals surface area contributed by atoms with Crippen LogP contribution < -0.4 is 5.32 Å². The lowest BCUT2D eigenvalue weighted by Gasteiger charge is -2.20. The molecule has 1 atom stereocenters. The number of hydrogen-bond donors (Lipinski definition) is 1. The molecule has 0 saturated carbocycles. The minimum absolute atomic E-state index is 0.0310. The Labute approximate surface area is 170 Å². The average molecular weight is 402 g/mol. The number of halogens is 1. The number of alkyl halides is 1. The van der Waals surface area contributed by atoms with E-state index in [4.69, 9.17) is 21.1 Å². The fourth-order valence-corrected chi connectivity index (χ4v) is 3.73. The maximum atomic E-state index is 12.4. The minimum atomic E-state index is -0.783. The van der Waals surface area contributed by atoms with E-state index in [0.29, 0.717) is 6.42 Å². The summed E-state index contributed by atoms with van der Waals surface area (Å²) in [5.41, 5.74) is 4.60. The molecule has 0 fully saturated rings. The topological polar surface area (TPSA) is 64.6 Å². The number of carbonyl (C=O) groups is 2. The molecule has 5 nitrogen and oxygen atoms in total. The summed E-state index contributed by atoms with van der Waals surface area (Å²) in [6.07, 6.45) is -0.195. The first-order valence-corrected chi connectivity index (χ1v) is 9.88. The highest BCUT2D eigenvalue weighted by Crippen LogP contribution is 2.44. The van der Waals surface area contributed by atoms with Crippen LogP contribution in [0.3, 0.4) is 0 Å². The van der Waals surface area contributed by atoms with E-state index < -0.39 is 18.1 Å². The molecule has 0 unspecified atom stereocenters. The Kier molecular flexibility index (Phi) is 6.57. The van der Waals surface area contributed by atoms with Gasteiger partial charge >= 0.3 is 12.1 Å². The van der Waals surface area contributed by atoms with Gasteiger partial charge in [0.05, 0.1) is 0 Å². The van der Waals surface area contributed by atoms with Crippen LogP contribution >= 0.6 is 11.6 Å². The number of amides is 1. The van der Waals surface area contributed by atoms with Crippen molar-refractivity contribution in [1.29, 1.82) is 0 Å². The van der Waals surface area contributed by atoms with Crippen molar-refractivity contribution < 1.29 is 19.1 Å². The zero-order valence-electron chi connectivity index (χ0n) is 16.0. The van der Waals surface area contributed by atoms with E-state index in [1.165, 1.54) is 0 Å². The van der Waals surface area contributed by atoms with E-state index in [9.17, 15) is 9.59 Å². The van der Waals surface area contributed by atoms with Crippen LogP contribution in [0.1, 0.15) is 37.3 Å². The monoisotopic (exact) mass is 401 g/mol. The van der Waals surface area contributed by atoms with E-state index in [-0.39, 0.29) is 24.5 Å². The van der Waals surface area contributed by atoms with Crippen molar-refractivity contribution in [3.05, 3.63) is 59.7 Å². The second-order valence-electron chi connectivity index (χ2n) is 7.22. The van der Waals surface area contributed by atoms with Crippen LogP contribution in [0, 0.1) is 5.92 Å². The molecule has 148 valence electrons. The number of nitrogens with one attached hydrogen (secondary N) is 1. The van der Waals surface area contributed by atoms with Gasteiger partial charge in [0.15, 0.2) is 6.07 Å². The zero-order chi connectivity index (χ0) is 20.1. The van der Waals surface area contributed by atoms with Crippen LogP contribution in [0.4, 0.5) is 4.79 Å². The van der Waals surface area contributed by atoms with Gasteiger partial charge in [-0.05, 0) is 34.6 Å². The van der Waals surface area contributed by atoms with Gasteiger partial charge in [0.1, 0.15) is 12.6 Å². The normalized spacial score (nSPS) is 13.6. The number of benzene rings is 2. The molecule has 1 aliphatic rings. The first kappa shape index (κ1) is 20.2.